The second kappa shape index (κ2) is 10.2. The smallest absolute Gasteiger partial charge is 0.407 e. The van der Waals surface area contributed by atoms with Gasteiger partial charge in [-0.2, -0.15) is 0 Å². The number of hydrogen-bond acceptors (Lipinski definition) is 2. The standard InChI is InChI=1S/C30H32INO2Si/c1-19-22(15-16-35(4,5)6)20(2)29(31)21(3)27(19)17-32-30(33)34-18-28-25-13-9-7-11-23(25)24-12-8-10-14-26(24)28/h7-14,28H,17-18H2,1-6H3,(H,32,33). The van der Waals surface area contributed by atoms with Crippen molar-refractivity contribution >= 4 is 36.8 Å². The summed E-state index contributed by atoms with van der Waals surface area (Å²) in [6.45, 7) is 13.9. The van der Waals surface area contributed by atoms with Crippen LogP contribution in [0, 0.1) is 35.8 Å². The summed E-state index contributed by atoms with van der Waals surface area (Å²) in [7, 11) is -1.50. The molecule has 1 N–H and O–H groups in total. The molecule has 1 aliphatic carbocycles. The van der Waals surface area contributed by atoms with Crippen LogP contribution in [0.4, 0.5) is 4.79 Å². The molecule has 4 rings (SSSR count). The number of alkyl carbamates (subject to hydrolysis) is 1. The summed E-state index contributed by atoms with van der Waals surface area (Å²) in [5, 5.41) is 2.99. The Morgan fingerprint density at radius 2 is 1.51 bits per heavy atom. The lowest BCUT2D eigenvalue weighted by Gasteiger charge is -2.19. The third kappa shape index (κ3) is 5.34. The van der Waals surface area contributed by atoms with Gasteiger partial charge in [0.05, 0.1) is 0 Å². The van der Waals surface area contributed by atoms with Crippen LogP contribution in [0.25, 0.3) is 11.1 Å². The van der Waals surface area contributed by atoms with Gasteiger partial charge in [-0.3, -0.25) is 0 Å². The molecule has 0 saturated carbocycles. The Balaban J connectivity index is 1.49. The SMILES string of the molecule is Cc1c(I)c(C)c(CNC(=O)OCC2c3ccccc3-c3ccccc32)c(C)c1C#C[Si](C)(C)C. The highest BCUT2D eigenvalue weighted by molar-refractivity contribution is 14.1. The quantitative estimate of drug-likeness (QED) is 0.194. The number of rotatable bonds is 4. The van der Waals surface area contributed by atoms with Crippen molar-refractivity contribution < 1.29 is 9.53 Å². The maximum absolute atomic E-state index is 12.8. The second-order valence-corrected chi connectivity index (χ2v) is 16.1. The number of carbonyl (C=O) groups excluding carboxylic acids is 1. The van der Waals surface area contributed by atoms with Gasteiger partial charge in [-0.25, -0.2) is 4.79 Å². The second-order valence-electron chi connectivity index (χ2n) is 10.2. The Hall–Kier alpha value is -2.56. The lowest BCUT2D eigenvalue weighted by atomic mass is 9.94. The minimum atomic E-state index is -1.50. The molecule has 3 nitrogen and oxygen atoms in total. The normalized spacial score (nSPS) is 12.4. The van der Waals surface area contributed by atoms with E-state index in [0.717, 1.165) is 16.7 Å². The molecule has 3 aromatic rings. The first-order valence-corrected chi connectivity index (χ1v) is 16.6. The average molecular weight is 594 g/mol. The average Bonchev–Trinajstić information content (AvgIpc) is 3.14. The molecule has 3 aromatic carbocycles. The van der Waals surface area contributed by atoms with Gasteiger partial charge in [0.25, 0.3) is 0 Å². The molecule has 35 heavy (non-hydrogen) atoms. The van der Waals surface area contributed by atoms with Gasteiger partial charge >= 0.3 is 6.09 Å². The third-order valence-corrected chi connectivity index (χ3v) is 9.12. The molecule has 0 radical (unpaired) electrons. The van der Waals surface area contributed by atoms with Gasteiger partial charge in [0.15, 0.2) is 0 Å². The Bertz CT molecular complexity index is 1320. The molecule has 0 spiro atoms. The summed E-state index contributed by atoms with van der Waals surface area (Å²) < 4.78 is 6.95. The summed E-state index contributed by atoms with van der Waals surface area (Å²) in [4.78, 5) is 12.8. The van der Waals surface area contributed by atoms with E-state index in [-0.39, 0.29) is 5.92 Å². The fourth-order valence-corrected chi connectivity index (χ4v) is 5.84. The number of ether oxygens (including phenoxy) is 1. The Morgan fingerprint density at radius 3 is 2.09 bits per heavy atom. The van der Waals surface area contributed by atoms with E-state index >= 15 is 0 Å². The van der Waals surface area contributed by atoms with Crippen LogP contribution in [0.3, 0.4) is 0 Å². The molecule has 180 valence electrons. The fraction of sp³-hybridized carbons (Fsp3) is 0.300. The van der Waals surface area contributed by atoms with Gasteiger partial charge in [-0.05, 0) is 87.9 Å². The van der Waals surface area contributed by atoms with Gasteiger partial charge < -0.3 is 10.1 Å². The number of hydrogen-bond donors (Lipinski definition) is 1. The van der Waals surface area contributed by atoms with Gasteiger partial charge in [0, 0.05) is 21.6 Å². The van der Waals surface area contributed by atoms with Crippen molar-refractivity contribution in [3.05, 3.63) is 91.0 Å². The van der Waals surface area contributed by atoms with E-state index in [1.54, 1.807) is 0 Å². The summed E-state index contributed by atoms with van der Waals surface area (Å²) in [5.41, 5.74) is 14.1. The molecule has 0 aromatic heterocycles. The molecule has 0 saturated heterocycles. The highest BCUT2D eigenvalue weighted by Crippen LogP contribution is 2.44. The molecule has 0 aliphatic heterocycles. The number of carbonyl (C=O) groups is 1. The highest BCUT2D eigenvalue weighted by atomic mass is 127. The fourth-order valence-electron chi connectivity index (χ4n) is 4.75. The molecule has 0 unspecified atom stereocenters. The maximum Gasteiger partial charge on any atom is 0.407 e. The largest absolute Gasteiger partial charge is 0.449 e. The minimum Gasteiger partial charge on any atom is -0.449 e. The van der Waals surface area contributed by atoms with Crippen LogP contribution in [-0.4, -0.2) is 20.8 Å². The van der Waals surface area contributed by atoms with Crippen LogP contribution in [-0.2, 0) is 11.3 Å². The van der Waals surface area contributed by atoms with Crippen LogP contribution in [0.5, 0.6) is 0 Å². The van der Waals surface area contributed by atoms with Crippen LogP contribution in [0.1, 0.15) is 44.9 Å². The summed E-state index contributed by atoms with van der Waals surface area (Å²) in [6.07, 6.45) is -0.393. The molecule has 0 fully saturated rings. The summed E-state index contributed by atoms with van der Waals surface area (Å²) >= 11 is 2.40. The number of amides is 1. The first-order valence-electron chi connectivity index (χ1n) is 12.0. The topological polar surface area (TPSA) is 38.3 Å². The van der Waals surface area contributed by atoms with E-state index in [1.165, 1.54) is 37.0 Å². The minimum absolute atomic E-state index is 0.0559. The zero-order valence-corrected chi connectivity index (χ0v) is 24.5. The van der Waals surface area contributed by atoms with Crippen LogP contribution >= 0.6 is 22.6 Å². The van der Waals surface area contributed by atoms with E-state index in [9.17, 15) is 4.79 Å². The van der Waals surface area contributed by atoms with E-state index < -0.39 is 14.2 Å². The monoisotopic (exact) mass is 593 g/mol. The van der Waals surface area contributed by atoms with Gasteiger partial charge in [0.1, 0.15) is 14.7 Å². The zero-order valence-electron chi connectivity index (χ0n) is 21.3. The van der Waals surface area contributed by atoms with Gasteiger partial charge in [-0.1, -0.05) is 74.1 Å². The molecule has 1 amide bonds. The van der Waals surface area contributed by atoms with E-state index in [2.05, 4.69) is 116 Å². The van der Waals surface area contributed by atoms with Crippen LogP contribution < -0.4 is 5.32 Å². The third-order valence-electron chi connectivity index (χ3n) is 6.63. The number of halogens is 1. The predicted octanol–water partition coefficient (Wildman–Crippen LogP) is 7.48. The van der Waals surface area contributed by atoms with Crippen LogP contribution in [0.2, 0.25) is 19.6 Å². The molecule has 1 aliphatic rings. The van der Waals surface area contributed by atoms with Crippen molar-refractivity contribution in [3.63, 3.8) is 0 Å². The predicted molar refractivity (Wildman–Crippen MR) is 156 cm³/mol. The number of fused-ring (bicyclic) bond motifs is 3. The lowest BCUT2D eigenvalue weighted by molar-refractivity contribution is 0.142. The molecule has 0 heterocycles. The molecular weight excluding hydrogens is 561 g/mol. The lowest BCUT2D eigenvalue weighted by Crippen LogP contribution is -2.26. The van der Waals surface area contributed by atoms with Crippen LogP contribution in [0.15, 0.2) is 48.5 Å². The van der Waals surface area contributed by atoms with Crippen molar-refractivity contribution in [1.82, 2.24) is 5.32 Å². The first-order chi connectivity index (χ1) is 16.6. The van der Waals surface area contributed by atoms with E-state index in [0.29, 0.717) is 13.2 Å². The van der Waals surface area contributed by atoms with E-state index in [4.69, 9.17) is 4.74 Å². The maximum atomic E-state index is 12.8. The Kier molecular flexibility index (Phi) is 7.44. The van der Waals surface area contributed by atoms with E-state index in [1.807, 2.05) is 12.1 Å². The van der Waals surface area contributed by atoms with Crippen molar-refractivity contribution in [2.24, 2.45) is 0 Å². The van der Waals surface area contributed by atoms with Crippen molar-refractivity contribution in [3.8, 4) is 22.6 Å². The van der Waals surface area contributed by atoms with Gasteiger partial charge in [-0.15, -0.1) is 5.54 Å². The molecular formula is C30H32INO2Si. The first kappa shape index (κ1) is 25.5. The van der Waals surface area contributed by atoms with Crippen molar-refractivity contribution in [2.45, 2.75) is 52.9 Å². The Morgan fingerprint density at radius 1 is 0.943 bits per heavy atom. The zero-order chi connectivity index (χ0) is 25.3. The number of nitrogens with one attached hydrogen (secondary N) is 1. The Labute approximate surface area is 223 Å². The summed E-state index contributed by atoms with van der Waals surface area (Å²) in [5.74, 6) is 3.52. The molecule has 5 heteroatoms. The highest BCUT2D eigenvalue weighted by Gasteiger charge is 2.29. The number of benzene rings is 3. The van der Waals surface area contributed by atoms with Crippen molar-refractivity contribution in [2.75, 3.05) is 6.61 Å². The van der Waals surface area contributed by atoms with Crippen molar-refractivity contribution in [1.29, 1.82) is 0 Å². The molecule has 0 atom stereocenters. The van der Waals surface area contributed by atoms with Gasteiger partial charge in [0.2, 0.25) is 0 Å². The summed E-state index contributed by atoms with van der Waals surface area (Å²) in [6, 6.07) is 16.7. The molecule has 0 bridgehead atoms.